The van der Waals surface area contributed by atoms with Crippen LogP contribution < -0.4 is 11.2 Å². The summed E-state index contributed by atoms with van der Waals surface area (Å²) in [6.07, 6.45) is 1.55. The van der Waals surface area contributed by atoms with Crippen LogP contribution in [0.2, 0.25) is 0 Å². The molecule has 2 heterocycles. The average Bonchev–Trinajstić information content (AvgIpc) is 3.46. The summed E-state index contributed by atoms with van der Waals surface area (Å²) in [4.78, 5) is 13.9. The Morgan fingerprint density at radius 1 is 1.12 bits per heavy atom. The number of anilines is 1. The third kappa shape index (κ3) is 5.63. The maximum atomic E-state index is 12.9. The molecular weight excluding hydrogens is 440 g/mol. The van der Waals surface area contributed by atoms with E-state index in [9.17, 15) is 4.79 Å². The van der Waals surface area contributed by atoms with Crippen LogP contribution in [0.3, 0.4) is 0 Å². The topological polar surface area (TPSA) is 137 Å². The second-order valence-electron chi connectivity index (χ2n) is 7.14. The Morgan fingerprint density at radius 2 is 1.85 bits per heavy atom. The number of aromatic nitrogens is 5. The molecule has 0 aliphatic rings. The SMILES string of the molecule is C/C(CCc1ccccc1)=N/NC(=O)c1nnn(-c2nonc2N)c1CSc1ccccc1. The highest BCUT2D eigenvalue weighted by Crippen LogP contribution is 2.25. The molecular formula is C22H22N8O2S. The van der Waals surface area contributed by atoms with E-state index in [1.807, 2.05) is 55.5 Å². The van der Waals surface area contributed by atoms with Gasteiger partial charge in [0.15, 0.2) is 5.69 Å². The zero-order valence-electron chi connectivity index (χ0n) is 17.9. The summed E-state index contributed by atoms with van der Waals surface area (Å²) in [5, 5.41) is 19.7. The Balaban J connectivity index is 1.50. The third-order valence-electron chi connectivity index (χ3n) is 4.76. The standard InChI is InChI=1S/C22H22N8O2S/c1-15(12-13-16-8-4-2-5-9-16)24-26-22(31)19-18(14-33-17-10-6-3-7-11-17)30(29-25-19)21-20(23)27-32-28-21/h2-11H,12-14H2,1H3,(H2,23,27)(H,26,31)/b24-15-. The van der Waals surface area contributed by atoms with Gasteiger partial charge in [-0.25, -0.2) is 10.1 Å². The van der Waals surface area contributed by atoms with Crippen LogP contribution in [-0.4, -0.2) is 36.9 Å². The van der Waals surface area contributed by atoms with Crippen molar-refractivity contribution in [1.82, 2.24) is 30.7 Å². The van der Waals surface area contributed by atoms with E-state index in [1.54, 1.807) is 0 Å². The maximum absolute atomic E-state index is 12.9. The van der Waals surface area contributed by atoms with Crippen molar-refractivity contribution < 1.29 is 9.42 Å². The van der Waals surface area contributed by atoms with E-state index in [1.165, 1.54) is 22.0 Å². The number of hydrazone groups is 1. The number of nitrogens with two attached hydrogens (primary N) is 1. The number of rotatable bonds is 9. The van der Waals surface area contributed by atoms with Gasteiger partial charge < -0.3 is 5.73 Å². The molecule has 168 valence electrons. The van der Waals surface area contributed by atoms with Crippen LogP contribution in [-0.2, 0) is 12.2 Å². The van der Waals surface area contributed by atoms with Gasteiger partial charge in [-0.1, -0.05) is 53.7 Å². The van der Waals surface area contributed by atoms with Crippen molar-refractivity contribution in [2.75, 3.05) is 5.73 Å². The van der Waals surface area contributed by atoms with Gasteiger partial charge in [0.05, 0.1) is 5.69 Å². The number of amides is 1. The molecule has 0 atom stereocenters. The maximum Gasteiger partial charge on any atom is 0.293 e. The minimum atomic E-state index is -0.473. The molecule has 2 aromatic heterocycles. The summed E-state index contributed by atoms with van der Waals surface area (Å²) in [5.74, 6) is 0.141. The van der Waals surface area contributed by atoms with Gasteiger partial charge in [-0.2, -0.15) is 9.78 Å². The molecule has 0 aliphatic carbocycles. The summed E-state index contributed by atoms with van der Waals surface area (Å²) >= 11 is 1.52. The van der Waals surface area contributed by atoms with E-state index in [0.29, 0.717) is 11.4 Å². The van der Waals surface area contributed by atoms with Crippen molar-refractivity contribution >= 4 is 29.2 Å². The normalized spacial score (nSPS) is 11.5. The Morgan fingerprint density at radius 3 is 2.55 bits per heavy atom. The minimum Gasteiger partial charge on any atom is -0.378 e. The first kappa shape index (κ1) is 22.2. The summed E-state index contributed by atoms with van der Waals surface area (Å²) in [6, 6.07) is 19.9. The summed E-state index contributed by atoms with van der Waals surface area (Å²) < 4.78 is 6.05. The van der Waals surface area contributed by atoms with Gasteiger partial charge in [0.25, 0.3) is 5.91 Å². The predicted molar refractivity (Wildman–Crippen MR) is 125 cm³/mol. The second-order valence-corrected chi connectivity index (χ2v) is 8.19. The Labute approximate surface area is 194 Å². The predicted octanol–water partition coefficient (Wildman–Crippen LogP) is 3.26. The van der Waals surface area contributed by atoms with E-state index in [0.717, 1.165) is 23.4 Å². The average molecular weight is 463 g/mol. The van der Waals surface area contributed by atoms with Crippen LogP contribution in [0.5, 0.6) is 0 Å². The van der Waals surface area contributed by atoms with Crippen molar-refractivity contribution in [3.8, 4) is 5.82 Å². The van der Waals surface area contributed by atoms with Crippen LogP contribution in [0.1, 0.15) is 35.1 Å². The van der Waals surface area contributed by atoms with Gasteiger partial charge in [-0.15, -0.1) is 16.9 Å². The van der Waals surface area contributed by atoms with Gasteiger partial charge in [0, 0.05) is 16.4 Å². The molecule has 11 heteroatoms. The van der Waals surface area contributed by atoms with Crippen LogP contribution >= 0.6 is 11.8 Å². The molecule has 0 unspecified atom stereocenters. The fourth-order valence-corrected chi connectivity index (χ4v) is 3.92. The lowest BCUT2D eigenvalue weighted by molar-refractivity contribution is 0.0949. The van der Waals surface area contributed by atoms with Gasteiger partial charge in [0.2, 0.25) is 11.6 Å². The smallest absolute Gasteiger partial charge is 0.293 e. The lowest BCUT2D eigenvalue weighted by atomic mass is 10.1. The molecule has 0 bridgehead atoms. The van der Waals surface area contributed by atoms with E-state index >= 15 is 0 Å². The molecule has 10 nitrogen and oxygen atoms in total. The van der Waals surface area contributed by atoms with Crippen LogP contribution in [0.15, 0.2) is 75.3 Å². The highest BCUT2D eigenvalue weighted by Gasteiger charge is 2.24. The molecule has 3 N–H and O–H groups in total. The van der Waals surface area contributed by atoms with E-state index in [-0.39, 0.29) is 17.3 Å². The number of hydrogen-bond acceptors (Lipinski definition) is 9. The van der Waals surface area contributed by atoms with Gasteiger partial charge in [0.1, 0.15) is 0 Å². The molecule has 4 rings (SSSR count). The molecule has 0 saturated carbocycles. The summed E-state index contributed by atoms with van der Waals surface area (Å²) in [7, 11) is 0. The first-order valence-electron chi connectivity index (χ1n) is 10.2. The Bertz CT molecular complexity index is 1240. The van der Waals surface area contributed by atoms with Crippen molar-refractivity contribution in [2.45, 2.75) is 30.4 Å². The van der Waals surface area contributed by atoms with Crippen molar-refractivity contribution in [2.24, 2.45) is 5.10 Å². The number of nitrogen functional groups attached to an aromatic ring is 1. The molecule has 0 aliphatic heterocycles. The molecule has 0 spiro atoms. The number of thioether (sulfide) groups is 1. The first-order valence-corrected chi connectivity index (χ1v) is 11.2. The molecule has 2 aromatic carbocycles. The van der Waals surface area contributed by atoms with Crippen molar-refractivity contribution in [3.63, 3.8) is 0 Å². The third-order valence-corrected chi connectivity index (χ3v) is 5.78. The fraction of sp³-hybridized carbons (Fsp3) is 0.182. The van der Waals surface area contributed by atoms with Gasteiger partial charge >= 0.3 is 0 Å². The van der Waals surface area contributed by atoms with E-state index in [4.69, 9.17) is 5.73 Å². The Hall–Kier alpha value is -3.99. The number of benzene rings is 2. The van der Waals surface area contributed by atoms with Crippen LogP contribution in [0.25, 0.3) is 5.82 Å². The molecule has 4 aromatic rings. The molecule has 1 amide bonds. The van der Waals surface area contributed by atoms with Crippen molar-refractivity contribution in [1.29, 1.82) is 0 Å². The minimum absolute atomic E-state index is 0.0487. The van der Waals surface area contributed by atoms with E-state index < -0.39 is 5.91 Å². The second kappa shape index (κ2) is 10.6. The molecule has 0 saturated heterocycles. The highest BCUT2D eigenvalue weighted by atomic mass is 32.2. The van der Waals surface area contributed by atoms with Gasteiger partial charge in [-0.3, -0.25) is 4.79 Å². The van der Waals surface area contributed by atoms with Crippen LogP contribution in [0, 0.1) is 0 Å². The van der Waals surface area contributed by atoms with Gasteiger partial charge in [-0.05, 0) is 47.8 Å². The summed E-state index contributed by atoms with van der Waals surface area (Å²) in [5.41, 5.74) is 11.0. The number of carbonyl (C=O) groups excluding carboxylic acids is 1. The lowest BCUT2D eigenvalue weighted by Crippen LogP contribution is -2.21. The number of nitrogens with zero attached hydrogens (tertiary/aromatic N) is 6. The largest absolute Gasteiger partial charge is 0.378 e. The molecule has 0 radical (unpaired) electrons. The number of carbonyl (C=O) groups is 1. The first-order chi connectivity index (χ1) is 16.1. The highest BCUT2D eigenvalue weighted by molar-refractivity contribution is 7.98. The number of hydrogen-bond donors (Lipinski definition) is 2. The van der Waals surface area contributed by atoms with Crippen molar-refractivity contribution in [3.05, 3.63) is 77.6 Å². The fourth-order valence-electron chi connectivity index (χ4n) is 3.01. The monoisotopic (exact) mass is 462 g/mol. The zero-order valence-corrected chi connectivity index (χ0v) is 18.7. The quantitative estimate of drug-likeness (QED) is 0.220. The molecule has 0 fully saturated rings. The number of aryl methyl sites for hydroxylation is 1. The van der Waals surface area contributed by atoms with E-state index in [2.05, 4.69) is 47.9 Å². The summed E-state index contributed by atoms with van der Waals surface area (Å²) in [6.45, 7) is 1.87. The lowest BCUT2D eigenvalue weighted by Gasteiger charge is -2.06. The zero-order chi connectivity index (χ0) is 23.0. The number of nitrogens with one attached hydrogen (secondary N) is 1. The van der Waals surface area contributed by atoms with Crippen LogP contribution in [0.4, 0.5) is 5.82 Å². The Kier molecular flexibility index (Phi) is 7.10. The molecule has 33 heavy (non-hydrogen) atoms.